The molecule has 6 rings (SSSR count). The van der Waals surface area contributed by atoms with Crippen LogP contribution in [0.25, 0.3) is 32.9 Å². The van der Waals surface area contributed by atoms with Crippen LogP contribution >= 0.6 is 0 Å². The van der Waals surface area contributed by atoms with Gasteiger partial charge in [-0.15, -0.1) is 0 Å². The Morgan fingerprint density at radius 1 is 1.21 bits per heavy atom. The minimum atomic E-state index is -0.699. The lowest BCUT2D eigenvalue weighted by Gasteiger charge is -2.50. The average Bonchev–Trinajstić information content (AvgIpc) is 2.95. The summed E-state index contributed by atoms with van der Waals surface area (Å²) in [6.07, 6.45) is 4.40. The van der Waals surface area contributed by atoms with Gasteiger partial charge in [-0.05, 0) is 29.3 Å². The first-order chi connectivity index (χ1) is 18.8. The van der Waals surface area contributed by atoms with E-state index in [0.29, 0.717) is 22.3 Å². The van der Waals surface area contributed by atoms with Gasteiger partial charge in [0.1, 0.15) is 17.3 Å². The fourth-order valence-corrected chi connectivity index (χ4v) is 5.92. The van der Waals surface area contributed by atoms with E-state index in [1.54, 1.807) is 13.2 Å². The zero-order chi connectivity index (χ0) is 27.4. The molecule has 39 heavy (non-hydrogen) atoms. The summed E-state index contributed by atoms with van der Waals surface area (Å²) in [5.74, 6) is -1.09. The van der Waals surface area contributed by atoms with Crippen molar-refractivity contribution >= 4 is 44.9 Å². The van der Waals surface area contributed by atoms with Crippen LogP contribution in [-0.4, -0.2) is 58.9 Å². The van der Waals surface area contributed by atoms with Crippen molar-refractivity contribution in [2.75, 3.05) is 29.9 Å². The van der Waals surface area contributed by atoms with Crippen molar-refractivity contribution in [2.24, 2.45) is 0 Å². The molecule has 2 aliphatic heterocycles. The van der Waals surface area contributed by atoms with Gasteiger partial charge in [0.15, 0.2) is 5.82 Å². The standard InChI is InChI=1S/C30H25FN6O2/c1-4-24(38)36-16-23-30(39)35(3)22-14-34-28-21(29(22)37(23)15-19(36)11-12-32)13-33-27(26(28)31)20-10-6-9-18-8-5-7-17(2)25(18)20/h4-10,13-14,19,23H,1,11,15-16H2,2-3H3. The topological polar surface area (TPSA) is 93.4 Å². The maximum Gasteiger partial charge on any atom is 0.251 e. The molecule has 0 N–H and O–H groups in total. The fraction of sp³-hybridized carbons (Fsp3) is 0.233. The maximum absolute atomic E-state index is 16.3. The van der Waals surface area contributed by atoms with Crippen molar-refractivity contribution in [1.29, 1.82) is 5.26 Å². The number of likely N-dealkylation sites (N-methyl/N-ethyl adjacent to an activating group) is 1. The molecule has 2 amide bonds. The third-order valence-electron chi connectivity index (χ3n) is 7.82. The lowest BCUT2D eigenvalue weighted by atomic mass is 9.95. The van der Waals surface area contributed by atoms with Crippen molar-refractivity contribution in [1.82, 2.24) is 14.9 Å². The summed E-state index contributed by atoms with van der Waals surface area (Å²) in [6, 6.07) is 12.7. The molecule has 2 unspecified atom stereocenters. The average molecular weight is 521 g/mol. The van der Waals surface area contributed by atoms with Gasteiger partial charge in [0.05, 0.1) is 42.6 Å². The van der Waals surface area contributed by atoms with Gasteiger partial charge in [-0.25, -0.2) is 4.39 Å². The van der Waals surface area contributed by atoms with Crippen LogP contribution in [0, 0.1) is 24.1 Å². The number of hydrogen-bond acceptors (Lipinski definition) is 6. The molecule has 4 aromatic rings. The molecule has 0 radical (unpaired) electrons. The number of nitriles is 1. The van der Waals surface area contributed by atoms with Crippen molar-refractivity contribution < 1.29 is 14.0 Å². The minimum Gasteiger partial charge on any atom is -0.354 e. The quantitative estimate of drug-likeness (QED) is 0.373. The maximum atomic E-state index is 16.3. The first-order valence-corrected chi connectivity index (χ1v) is 12.7. The molecule has 2 aromatic carbocycles. The number of carbonyl (C=O) groups excluding carboxylic acids is 2. The van der Waals surface area contributed by atoms with Crippen LogP contribution < -0.4 is 9.80 Å². The van der Waals surface area contributed by atoms with Crippen LogP contribution in [0.3, 0.4) is 0 Å². The summed E-state index contributed by atoms with van der Waals surface area (Å²) in [5, 5.41) is 11.8. The van der Waals surface area contributed by atoms with Crippen molar-refractivity contribution in [2.45, 2.75) is 25.4 Å². The molecule has 2 aliphatic rings. The number of benzene rings is 2. The Balaban J connectivity index is 1.54. The smallest absolute Gasteiger partial charge is 0.251 e. The molecule has 9 heteroatoms. The molecule has 8 nitrogen and oxygen atoms in total. The predicted molar refractivity (Wildman–Crippen MR) is 148 cm³/mol. The van der Waals surface area contributed by atoms with Gasteiger partial charge in [-0.2, -0.15) is 5.26 Å². The van der Waals surface area contributed by atoms with Gasteiger partial charge >= 0.3 is 0 Å². The van der Waals surface area contributed by atoms with Gasteiger partial charge in [0, 0.05) is 30.7 Å². The lowest BCUT2D eigenvalue weighted by Crippen LogP contribution is -2.66. The molecule has 194 valence electrons. The van der Waals surface area contributed by atoms with E-state index in [1.165, 1.54) is 22.1 Å². The SMILES string of the molecule is C=CC(=O)N1CC2C(=O)N(C)c3cnc4c(F)c(-c5cccc6cccc(C)c56)ncc4c3N2CC1CC#N. The number of carbonyl (C=O) groups is 2. The molecule has 0 bridgehead atoms. The number of amides is 2. The Kier molecular flexibility index (Phi) is 5.76. The molecular formula is C30H25FN6O2. The fourth-order valence-electron chi connectivity index (χ4n) is 5.92. The summed E-state index contributed by atoms with van der Waals surface area (Å²) in [6.45, 7) is 5.88. The number of anilines is 2. The molecule has 0 saturated carbocycles. The van der Waals surface area contributed by atoms with Crippen LogP contribution in [-0.2, 0) is 9.59 Å². The minimum absolute atomic E-state index is 0.0857. The first-order valence-electron chi connectivity index (χ1n) is 12.7. The van der Waals surface area contributed by atoms with Crippen LogP contribution in [0.2, 0.25) is 0 Å². The Labute approximate surface area is 224 Å². The normalized spacial score (nSPS) is 18.6. The highest BCUT2D eigenvalue weighted by Gasteiger charge is 2.45. The summed E-state index contributed by atoms with van der Waals surface area (Å²) >= 11 is 0. The second kappa shape index (κ2) is 9.17. The van der Waals surface area contributed by atoms with Crippen molar-refractivity contribution in [3.05, 3.63) is 72.8 Å². The molecule has 1 saturated heterocycles. The second-order valence-corrected chi connectivity index (χ2v) is 9.93. The van der Waals surface area contributed by atoms with E-state index in [-0.39, 0.29) is 42.5 Å². The molecule has 0 spiro atoms. The van der Waals surface area contributed by atoms with Gasteiger partial charge in [0.2, 0.25) is 5.91 Å². The van der Waals surface area contributed by atoms with E-state index >= 15 is 4.39 Å². The number of fused-ring (bicyclic) bond motifs is 6. The number of piperazine rings is 1. The van der Waals surface area contributed by atoms with Gasteiger partial charge < -0.3 is 14.7 Å². The first kappa shape index (κ1) is 24.5. The summed E-state index contributed by atoms with van der Waals surface area (Å²) in [4.78, 5) is 39.9. The molecular weight excluding hydrogens is 495 g/mol. The molecule has 1 fully saturated rings. The highest BCUT2D eigenvalue weighted by Crippen LogP contribution is 2.44. The van der Waals surface area contributed by atoms with Crippen molar-refractivity contribution in [3.8, 4) is 17.3 Å². The third kappa shape index (κ3) is 3.63. The van der Waals surface area contributed by atoms with Crippen LogP contribution in [0.15, 0.2) is 61.4 Å². The summed E-state index contributed by atoms with van der Waals surface area (Å²) in [5.41, 5.74) is 3.19. The van der Waals surface area contributed by atoms with Crippen molar-refractivity contribution in [3.63, 3.8) is 0 Å². The zero-order valence-electron chi connectivity index (χ0n) is 21.6. The molecule has 2 aromatic heterocycles. The number of rotatable bonds is 3. The largest absolute Gasteiger partial charge is 0.354 e. The Bertz CT molecular complexity index is 1740. The van der Waals surface area contributed by atoms with E-state index < -0.39 is 17.9 Å². The van der Waals surface area contributed by atoms with Crippen LogP contribution in [0.4, 0.5) is 15.8 Å². The van der Waals surface area contributed by atoms with Gasteiger partial charge in [0.25, 0.3) is 5.91 Å². The molecule has 4 heterocycles. The number of aryl methyl sites for hydroxylation is 1. The second-order valence-electron chi connectivity index (χ2n) is 9.93. The Morgan fingerprint density at radius 3 is 2.72 bits per heavy atom. The highest BCUT2D eigenvalue weighted by atomic mass is 19.1. The van der Waals surface area contributed by atoms with E-state index in [0.717, 1.165) is 16.3 Å². The summed E-state index contributed by atoms with van der Waals surface area (Å²) in [7, 11) is 1.64. The third-order valence-corrected chi connectivity index (χ3v) is 7.82. The Hall–Kier alpha value is -4.84. The molecule has 0 aliphatic carbocycles. The number of halogens is 1. The number of nitrogens with zero attached hydrogens (tertiary/aromatic N) is 6. The van der Waals surface area contributed by atoms with Crippen LogP contribution in [0.1, 0.15) is 12.0 Å². The van der Waals surface area contributed by atoms with E-state index in [2.05, 4.69) is 22.6 Å². The van der Waals surface area contributed by atoms with Gasteiger partial charge in [-0.1, -0.05) is 43.0 Å². The lowest BCUT2D eigenvalue weighted by molar-refractivity contribution is -0.131. The van der Waals surface area contributed by atoms with Gasteiger partial charge in [-0.3, -0.25) is 19.6 Å². The number of aromatic nitrogens is 2. The molecule has 2 atom stereocenters. The van der Waals surface area contributed by atoms with E-state index in [9.17, 15) is 14.9 Å². The zero-order valence-corrected chi connectivity index (χ0v) is 21.6. The number of pyridine rings is 2. The monoisotopic (exact) mass is 520 g/mol. The Morgan fingerprint density at radius 2 is 1.97 bits per heavy atom. The predicted octanol–water partition coefficient (Wildman–Crippen LogP) is 4.36. The highest BCUT2D eigenvalue weighted by molar-refractivity contribution is 6.12. The number of hydrogen-bond donors (Lipinski definition) is 0. The summed E-state index contributed by atoms with van der Waals surface area (Å²) < 4.78 is 16.3. The van der Waals surface area contributed by atoms with E-state index in [4.69, 9.17) is 0 Å². The van der Waals surface area contributed by atoms with E-state index in [1.807, 2.05) is 48.2 Å². The van der Waals surface area contributed by atoms with Crippen LogP contribution in [0.5, 0.6) is 0 Å².